The van der Waals surface area contributed by atoms with Crippen molar-refractivity contribution in [2.45, 2.75) is 38.1 Å². The minimum absolute atomic E-state index is 0.00282. The Morgan fingerprint density at radius 2 is 1.96 bits per heavy atom. The average molecular weight is 351 g/mol. The summed E-state index contributed by atoms with van der Waals surface area (Å²) < 4.78 is 7.25. The summed E-state index contributed by atoms with van der Waals surface area (Å²) in [6.45, 7) is 2.47. The van der Waals surface area contributed by atoms with Gasteiger partial charge in [-0.05, 0) is 43.7 Å². The van der Waals surface area contributed by atoms with Crippen LogP contribution in [-0.2, 0) is 6.54 Å². The molecule has 0 radical (unpaired) electrons. The second-order valence-electron chi connectivity index (χ2n) is 7.36. The molecule has 3 aromatic rings. The minimum atomic E-state index is 0.00282. The Kier molecular flexibility index (Phi) is 3.72. The molecule has 134 valence electrons. The topological polar surface area (TPSA) is 77.1 Å². The Hall–Kier alpha value is -2.70. The zero-order chi connectivity index (χ0) is 17.5. The number of hydrogen-bond acceptors (Lipinski definition) is 6. The summed E-state index contributed by atoms with van der Waals surface area (Å²) in [5.74, 6) is 1.84. The normalized spacial score (nSPS) is 18.5. The van der Waals surface area contributed by atoms with Crippen LogP contribution in [0.3, 0.4) is 0 Å². The van der Waals surface area contributed by atoms with Crippen LogP contribution in [-0.4, -0.2) is 33.1 Å². The lowest BCUT2D eigenvalue weighted by atomic mass is 9.97. The standard InChI is InChI=1S/C19H21N5O2/c25-17-4-3-16(14-1-2-14)22-24(17)12-13-5-8-23(9-6-13)19-18-15(7-10-26-18)11-20-21-19/h3-4,7,10-11,13-14H,1-2,5-6,8-9,12H2. The number of rotatable bonds is 4. The monoisotopic (exact) mass is 351 g/mol. The van der Waals surface area contributed by atoms with E-state index in [0.29, 0.717) is 18.4 Å². The first-order valence-corrected chi connectivity index (χ1v) is 9.30. The molecule has 0 N–H and O–H groups in total. The Balaban J connectivity index is 1.28. The Morgan fingerprint density at radius 3 is 2.77 bits per heavy atom. The molecular formula is C19H21N5O2. The second-order valence-corrected chi connectivity index (χ2v) is 7.36. The van der Waals surface area contributed by atoms with E-state index >= 15 is 0 Å². The van der Waals surface area contributed by atoms with E-state index in [0.717, 1.165) is 48.4 Å². The van der Waals surface area contributed by atoms with Crippen molar-refractivity contribution in [3.8, 4) is 0 Å². The third kappa shape index (κ3) is 2.87. The van der Waals surface area contributed by atoms with Crippen molar-refractivity contribution in [2.75, 3.05) is 18.0 Å². The average Bonchev–Trinajstić information content (AvgIpc) is 3.40. The predicted molar refractivity (Wildman–Crippen MR) is 97.2 cm³/mol. The van der Waals surface area contributed by atoms with Crippen molar-refractivity contribution in [3.05, 3.63) is 46.7 Å². The maximum atomic E-state index is 12.2. The first-order chi connectivity index (χ1) is 12.8. The van der Waals surface area contributed by atoms with Gasteiger partial charge in [-0.2, -0.15) is 10.2 Å². The zero-order valence-electron chi connectivity index (χ0n) is 14.5. The molecule has 3 aromatic heterocycles. The molecule has 0 aromatic carbocycles. The molecule has 7 nitrogen and oxygen atoms in total. The van der Waals surface area contributed by atoms with E-state index in [2.05, 4.69) is 20.2 Å². The van der Waals surface area contributed by atoms with Gasteiger partial charge in [-0.15, -0.1) is 5.10 Å². The van der Waals surface area contributed by atoms with Crippen molar-refractivity contribution < 1.29 is 4.42 Å². The Labute approximate surface area is 150 Å². The number of piperidine rings is 1. The van der Waals surface area contributed by atoms with E-state index in [1.165, 1.54) is 12.8 Å². The number of anilines is 1. The highest BCUT2D eigenvalue weighted by atomic mass is 16.3. The maximum Gasteiger partial charge on any atom is 0.266 e. The lowest BCUT2D eigenvalue weighted by molar-refractivity contribution is 0.332. The first kappa shape index (κ1) is 15.5. The van der Waals surface area contributed by atoms with Gasteiger partial charge in [-0.25, -0.2) is 4.68 Å². The van der Waals surface area contributed by atoms with Crippen LogP contribution in [0.25, 0.3) is 11.0 Å². The minimum Gasteiger partial charge on any atom is -0.460 e. The van der Waals surface area contributed by atoms with Crippen LogP contribution in [0, 0.1) is 5.92 Å². The summed E-state index contributed by atoms with van der Waals surface area (Å²) in [6.07, 6.45) is 7.79. The maximum absolute atomic E-state index is 12.2. The molecule has 1 aliphatic heterocycles. The van der Waals surface area contributed by atoms with Gasteiger partial charge in [0.15, 0.2) is 11.4 Å². The molecule has 2 fully saturated rings. The van der Waals surface area contributed by atoms with Gasteiger partial charge in [0.05, 0.1) is 18.2 Å². The van der Waals surface area contributed by atoms with E-state index in [1.807, 2.05) is 12.1 Å². The lowest BCUT2D eigenvalue weighted by Crippen LogP contribution is -2.37. The smallest absolute Gasteiger partial charge is 0.266 e. The molecule has 2 aliphatic rings. The number of aromatic nitrogens is 4. The van der Waals surface area contributed by atoms with Crippen molar-refractivity contribution in [3.63, 3.8) is 0 Å². The molecule has 0 atom stereocenters. The van der Waals surface area contributed by atoms with E-state index in [9.17, 15) is 4.79 Å². The van der Waals surface area contributed by atoms with Gasteiger partial charge in [0.2, 0.25) is 0 Å². The molecule has 7 heteroatoms. The highest BCUT2D eigenvalue weighted by molar-refractivity contribution is 5.86. The number of hydrogen-bond donors (Lipinski definition) is 0. The molecule has 0 bridgehead atoms. The van der Waals surface area contributed by atoms with Gasteiger partial charge < -0.3 is 9.32 Å². The van der Waals surface area contributed by atoms with Crippen molar-refractivity contribution in [1.29, 1.82) is 0 Å². The lowest BCUT2D eigenvalue weighted by Gasteiger charge is -2.32. The summed E-state index contributed by atoms with van der Waals surface area (Å²) in [4.78, 5) is 14.4. The molecule has 1 aliphatic carbocycles. The van der Waals surface area contributed by atoms with Gasteiger partial charge >= 0.3 is 0 Å². The summed E-state index contributed by atoms with van der Waals surface area (Å²) in [5, 5.41) is 13.9. The molecule has 26 heavy (non-hydrogen) atoms. The van der Waals surface area contributed by atoms with Crippen LogP contribution in [0.2, 0.25) is 0 Å². The molecule has 1 saturated carbocycles. The third-order valence-corrected chi connectivity index (χ3v) is 5.48. The van der Waals surface area contributed by atoms with Crippen LogP contribution >= 0.6 is 0 Å². The summed E-state index contributed by atoms with van der Waals surface area (Å²) >= 11 is 0. The van der Waals surface area contributed by atoms with Crippen LogP contribution in [0.15, 0.2) is 39.9 Å². The number of furan rings is 1. The van der Waals surface area contributed by atoms with E-state index in [4.69, 9.17) is 4.42 Å². The summed E-state index contributed by atoms with van der Waals surface area (Å²) in [7, 11) is 0. The van der Waals surface area contributed by atoms with E-state index in [-0.39, 0.29) is 5.56 Å². The second kappa shape index (κ2) is 6.23. The summed E-state index contributed by atoms with van der Waals surface area (Å²) in [5.41, 5.74) is 1.87. The van der Waals surface area contributed by atoms with Crippen molar-refractivity contribution >= 4 is 16.8 Å². The van der Waals surface area contributed by atoms with Crippen LogP contribution in [0.1, 0.15) is 37.3 Å². The van der Waals surface area contributed by atoms with Gasteiger partial charge in [0.25, 0.3) is 5.56 Å². The van der Waals surface area contributed by atoms with Gasteiger partial charge in [-0.1, -0.05) is 0 Å². The molecule has 4 heterocycles. The number of fused-ring (bicyclic) bond motifs is 1. The van der Waals surface area contributed by atoms with Gasteiger partial charge in [-0.3, -0.25) is 4.79 Å². The Bertz CT molecular complexity index is 983. The third-order valence-electron chi connectivity index (χ3n) is 5.48. The molecule has 0 spiro atoms. The fourth-order valence-electron chi connectivity index (χ4n) is 3.76. The zero-order valence-corrected chi connectivity index (χ0v) is 14.5. The fraction of sp³-hybridized carbons (Fsp3) is 0.474. The molecule has 5 rings (SSSR count). The highest BCUT2D eigenvalue weighted by Crippen LogP contribution is 2.38. The van der Waals surface area contributed by atoms with Crippen LogP contribution < -0.4 is 10.5 Å². The van der Waals surface area contributed by atoms with Gasteiger partial charge in [0, 0.05) is 37.0 Å². The largest absolute Gasteiger partial charge is 0.460 e. The molecule has 0 unspecified atom stereocenters. The molecular weight excluding hydrogens is 330 g/mol. The van der Waals surface area contributed by atoms with Crippen molar-refractivity contribution in [1.82, 2.24) is 20.0 Å². The Morgan fingerprint density at radius 1 is 1.12 bits per heavy atom. The van der Waals surface area contributed by atoms with Crippen LogP contribution in [0.4, 0.5) is 5.82 Å². The predicted octanol–water partition coefficient (Wildman–Crippen LogP) is 2.57. The summed E-state index contributed by atoms with van der Waals surface area (Å²) in [6, 6.07) is 5.47. The van der Waals surface area contributed by atoms with E-state index in [1.54, 1.807) is 23.2 Å². The quantitative estimate of drug-likeness (QED) is 0.719. The van der Waals surface area contributed by atoms with E-state index < -0.39 is 0 Å². The molecule has 1 saturated heterocycles. The fourth-order valence-corrected chi connectivity index (χ4v) is 3.76. The highest BCUT2D eigenvalue weighted by Gasteiger charge is 2.27. The van der Waals surface area contributed by atoms with Crippen molar-refractivity contribution in [2.24, 2.45) is 5.92 Å². The van der Waals surface area contributed by atoms with Gasteiger partial charge in [0.1, 0.15) is 0 Å². The molecule has 0 amide bonds. The number of nitrogens with zero attached hydrogens (tertiary/aromatic N) is 5. The first-order valence-electron chi connectivity index (χ1n) is 9.30. The van der Waals surface area contributed by atoms with Crippen LogP contribution in [0.5, 0.6) is 0 Å². The SMILES string of the molecule is O=c1ccc(C2CC2)nn1CC1CCN(c2nncc3ccoc23)CC1.